The summed E-state index contributed by atoms with van der Waals surface area (Å²) in [6.45, 7) is 7.92. The van der Waals surface area contributed by atoms with Gasteiger partial charge in [-0.15, -0.1) is 0 Å². The Labute approximate surface area is 189 Å². The van der Waals surface area contributed by atoms with Crippen LogP contribution >= 0.6 is 11.6 Å². The standard InChI is InChI=1S/C23H21ClN6O2/c1-27-21(20-17(24)7-8-19(22(20)28-2)32-13-4-5-13)16(10-25)12-3-6-14-15(9-12)18(11-26)29-30-23(14)31/h3,6-10,13H,4-5,11,25-26H2,1H3,(H,30,31)/b16-10-,27-21?. The average molecular weight is 449 g/mol. The maximum absolute atomic E-state index is 12.2. The molecule has 0 spiro atoms. The molecular weight excluding hydrogens is 428 g/mol. The van der Waals surface area contributed by atoms with Gasteiger partial charge in [-0.3, -0.25) is 9.79 Å². The molecule has 162 valence electrons. The number of halogens is 1. The van der Waals surface area contributed by atoms with Crippen LogP contribution < -0.4 is 21.8 Å². The van der Waals surface area contributed by atoms with Crippen molar-refractivity contribution in [1.29, 1.82) is 0 Å². The number of aliphatic imine (C=N–C) groups is 1. The Hall–Kier alpha value is -3.67. The average Bonchev–Trinajstić information content (AvgIpc) is 3.63. The van der Waals surface area contributed by atoms with Gasteiger partial charge in [0, 0.05) is 41.3 Å². The number of rotatable bonds is 6. The summed E-state index contributed by atoms with van der Waals surface area (Å²) < 4.78 is 5.92. The van der Waals surface area contributed by atoms with Crippen molar-refractivity contribution in [3.05, 3.63) is 80.1 Å². The minimum atomic E-state index is -0.310. The van der Waals surface area contributed by atoms with E-state index < -0.39 is 0 Å². The maximum Gasteiger partial charge on any atom is 0.272 e. The van der Waals surface area contributed by atoms with E-state index in [1.807, 2.05) is 0 Å². The number of nitrogens with two attached hydrogens (primary N) is 2. The number of ether oxygens (including phenoxy) is 1. The zero-order chi connectivity index (χ0) is 22.8. The molecule has 1 saturated carbocycles. The van der Waals surface area contributed by atoms with E-state index in [4.69, 9.17) is 34.4 Å². The van der Waals surface area contributed by atoms with E-state index in [9.17, 15) is 4.79 Å². The van der Waals surface area contributed by atoms with Crippen molar-refractivity contribution in [2.24, 2.45) is 16.5 Å². The van der Waals surface area contributed by atoms with Gasteiger partial charge < -0.3 is 16.2 Å². The smallest absolute Gasteiger partial charge is 0.272 e. The zero-order valence-corrected chi connectivity index (χ0v) is 18.1. The monoisotopic (exact) mass is 448 g/mol. The number of hydrogen-bond acceptors (Lipinski definition) is 6. The number of aromatic amines is 1. The topological polar surface area (TPSA) is 124 Å². The Morgan fingerprint density at radius 2 is 2.16 bits per heavy atom. The molecule has 0 bridgehead atoms. The fourth-order valence-corrected chi connectivity index (χ4v) is 3.81. The molecule has 32 heavy (non-hydrogen) atoms. The molecule has 8 nitrogen and oxygen atoms in total. The molecule has 4 rings (SSSR count). The van der Waals surface area contributed by atoms with Gasteiger partial charge in [-0.2, -0.15) is 5.10 Å². The number of benzene rings is 2. The van der Waals surface area contributed by atoms with Crippen LogP contribution in [0.4, 0.5) is 5.69 Å². The molecule has 2 aromatic carbocycles. The molecule has 0 radical (unpaired) electrons. The fourth-order valence-electron chi connectivity index (χ4n) is 3.57. The lowest BCUT2D eigenvalue weighted by Crippen LogP contribution is -2.14. The van der Waals surface area contributed by atoms with E-state index in [1.54, 1.807) is 37.4 Å². The van der Waals surface area contributed by atoms with Gasteiger partial charge in [0.25, 0.3) is 5.56 Å². The number of hydrogen-bond donors (Lipinski definition) is 3. The molecule has 0 aliphatic heterocycles. The van der Waals surface area contributed by atoms with Crippen molar-refractivity contribution in [3.63, 3.8) is 0 Å². The predicted molar refractivity (Wildman–Crippen MR) is 126 cm³/mol. The molecule has 5 N–H and O–H groups in total. The Morgan fingerprint density at radius 3 is 2.78 bits per heavy atom. The minimum Gasteiger partial charge on any atom is -0.501 e. The van der Waals surface area contributed by atoms with Gasteiger partial charge in [0.15, 0.2) is 0 Å². The van der Waals surface area contributed by atoms with Gasteiger partial charge >= 0.3 is 0 Å². The highest BCUT2D eigenvalue weighted by molar-refractivity contribution is 6.42. The third-order valence-electron chi connectivity index (χ3n) is 5.27. The van der Waals surface area contributed by atoms with E-state index in [-0.39, 0.29) is 23.9 Å². The highest BCUT2D eigenvalue weighted by Gasteiger charge is 2.28. The lowest BCUT2D eigenvalue weighted by atomic mass is 9.93. The predicted octanol–water partition coefficient (Wildman–Crippen LogP) is 3.55. The minimum absolute atomic E-state index is 0.122. The summed E-state index contributed by atoms with van der Waals surface area (Å²) >= 11 is 6.54. The Kier molecular flexibility index (Phi) is 5.95. The van der Waals surface area contributed by atoms with Crippen molar-refractivity contribution in [2.45, 2.75) is 25.5 Å². The van der Waals surface area contributed by atoms with Gasteiger partial charge in [0.2, 0.25) is 5.69 Å². The summed E-state index contributed by atoms with van der Waals surface area (Å²) in [5, 5.41) is 7.94. The first kappa shape index (κ1) is 21.6. The summed E-state index contributed by atoms with van der Waals surface area (Å²) in [7, 11) is 1.61. The Balaban J connectivity index is 1.88. The molecule has 1 fully saturated rings. The molecular formula is C23H21ClN6O2. The fraction of sp³-hybridized carbons (Fsp3) is 0.217. The second kappa shape index (κ2) is 8.83. The number of aromatic nitrogens is 2. The van der Waals surface area contributed by atoms with Gasteiger partial charge in [0.1, 0.15) is 5.75 Å². The highest BCUT2D eigenvalue weighted by Crippen LogP contribution is 2.41. The molecule has 0 saturated heterocycles. The molecule has 1 aliphatic rings. The van der Waals surface area contributed by atoms with Crippen LogP contribution in [0.3, 0.4) is 0 Å². The van der Waals surface area contributed by atoms with Gasteiger partial charge in [-0.05, 0) is 42.7 Å². The van der Waals surface area contributed by atoms with Crippen molar-refractivity contribution in [1.82, 2.24) is 10.2 Å². The molecule has 0 amide bonds. The zero-order valence-electron chi connectivity index (χ0n) is 17.4. The second-order valence-electron chi connectivity index (χ2n) is 7.31. The van der Waals surface area contributed by atoms with Gasteiger partial charge in [-0.1, -0.05) is 17.7 Å². The van der Waals surface area contributed by atoms with Crippen LogP contribution in [-0.4, -0.2) is 29.1 Å². The normalized spacial score (nSPS) is 14.4. The molecule has 9 heteroatoms. The Bertz CT molecular complexity index is 1370. The molecule has 3 aromatic rings. The molecule has 0 atom stereocenters. The third-order valence-corrected chi connectivity index (χ3v) is 5.59. The van der Waals surface area contributed by atoms with Gasteiger partial charge in [-0.25, -0.2) is 9.94 Å². The summed E-state index contributed by atoms with van der Waals surface area (Å²) in [6, 6.07) is 8.64. The van der Waals surface area contributed by atoms with E-state index in [0.29, 0.717) is 49.7 Å². The van der Waals surface area contributed by atoms with Crippen LogP contribution in [0.15, 0.2) is 46.3 Å². The molecule has 0 unspecified atom stereocenters. The maximum atomic E-state index is 12.2. The van der Waals surface area contributed by atoms with Crippen molar-refractivity contribution >= 4 is 39.3 Å². The van der Waals surface area contributed by atoms with E-state index in [1.165, 1.54) is 6.20 Å². The first-order valence-electron chi connectivity index (χ1n) is 10.00. The molecule has 1 aromatic heterocycles. The van der Waals surface area contributed by atoms with E-state index in [2.05, 4.69) is 20.0 Å². The first-order valence-corrected chi connectivity index (χ1v) is 10.4. The summed E-state index contributed by atoms with van der Waals surface area (Å²) in [5.41, 5.74) is 14.5. The summed E-state index contributed by atoms with van der Waals surface area (Å²) in [4.78, 5) is 20.3. The van der Waals surface area contributed by atoms with Crippen LogP contribution in [0.2, 0.25) is 5.02 Å². The van der Waals surface area contributed by atoms with E-state index >= 15 is 0 Å². The van der Waals surface area contributed by atoms with Crippen LogP contribution in [0.25, 0.3) is 21.2 Å². The second-order valence-corrected chi connectivity index (χ2v) is 7.72. The lowest BCUT2D eigenvalue weighted by molar-refractivity contribution is 0.305. The largest absolute Gasteiger partial charge is 0.501 e. The van der Waals surface area contributed by atoms with Crippen LogP contribution in [0, 0.1) is 6.57 Å². The summed E-state index contributed by atoms with van der Waals surface area (Å²) in [5.74, 6) is 0.471. The Morgan fingerprint density at radius 1 is 1.38 bits per heavy atom. The highest BCUT2D eigenvalue weighted by atomic mass is 35.5. The van der Waals surface area contributed by atoms with Crippen LogP contribution in [-0.2, 0) is 6.54 Å². The van der Waals surface area contributed by atoms with Crippen molar-refractivity contribution < 1.29 is 4.74 Å². The van der Waals surface area contributed by atoms with Gasteiger partial charge in [0.05, 0.1) is 29.5 Å². The quantitative estimate of drug-likeness (QED) is 0.393. The third kappa shape index (κ3) is 3.84. The SMILES string of the molecule is [C-]#[N+]c1c(OC2CC2)ccc(Cl)c1C(=NC)/C(=C\N)c1ccc2c(=O)[nH]nc(CN)c2c1. The molecule has 1 heterocycles. The van der Waals surface area contributed by atoms with E-state index in [0.717, 1.165) is 12.8 Å². The number of allylic oxidation sites excluding steroid dienone is 1. The lowest BCUT2D eigenvalue weighted by Gasteiger charge is -2.17. The number of nitrogens with zero attached hydrogens (tertiary/aromatic N) is 3. The summed E-state index contributed by atoms with van der Waals surface area (Å²) in [6.07, 6.45) is 3.46. The first-order chi connectivity index (χ1) is 15.5. The molecule has 1 aliphatic carbocycles. The van der Waals surface area contributed by atoms with Crippen LogP contribution in [0.1, 0.15) is 29.7 Å². The van der Waals surface area contributed by atoms with Crippen molar-refractivity contribution in [2.75, 3.05) is 7.05 Å². The number of H-pyrrole nitrogens is 1. The number of fused-ring (bicyclic) bond motifs is 1. The number of nitrogens with one attached hydrogen (secondary N) is 1. The van der Waals surface area contributed by atoms with Crippen LogP contribution in [0.5, 0.6) is 5.75 Å². The van der Waals surface area contributed by atoms with Crippen molar-refractivity contribution in [3.8, 4) is 5.75 Å².